The number of nitrogens with one attached hydrogen (secondary N) is 1. The van der Waals surface area contributed by atoms with Crippen LogP contribution in [0, 0.1) is 0 Å². The maximum atomic E-state index is 3.40. The number of thiophene rings is 1. The van der Waals surface area contributed by atoms with E-state index >= 15 is 0 Å². The van der Waals surface area contributed by atoms with E-state index in [2.05, 4.69) is 27.7 Å². The van der Waals surface area contributed by atoms with Crippen molar-refractivity contribution >= 4 is 16.3 Å². The molecule has 66 valence electrons. The Balaban J connectivity index is 2.02. The Morgan fingerprint density at radius 2 is 2.33 bits per heavy atom. The molecule has 2 nitrogen and oxygen atoms in total. The Bertz CT molecular complexity index is 212. The SMILES string of the molecule is c1csc(N2CCCNCC2)c1. The summed E-state index contributed by atoms with van der Waals surface area (Å²) in [6, 6.07) is 4.33. The number of rotatable bonds is 1. The standard InChI is InChI=1S/C9H14N2S/c1-3-9(12-8-1)11-6-2-4-10-5-7-11/h1,3,8,10H,2,4-7H2. The summed E-state index contributed by atoms with van der Waals surface area (Å²) in [5.41, 5.74) is 0. The van der Waals surface area contributed by atoms with Gasteiger partial charge in [-0.2, -0.15) is 0 Å². The number of hydrogen-bond acceptors (Lipinski definition) is 3. The van der Waals surface area contributed by atoms with Gasteiger partial charge in [-0.15, -0.1) is 11.3 Å². The molecule has 0 unspecified atom stereocenters. The number of nitrogens with zero attached hydrogens (tertiary/aromatic N) is 1. The fourth-order valence-electron chi connectivity index (χ4n) is 1.52. The second-order valence-electron chi connectivity index (χ2n) is 3.04. The van der Waals surface area contributed by atoms with Gasteiger partial charge in [0.1, 0.15) is 0 Å². The summed E-state index contributed by atoms with van der Waals surface area (Å²) in [4.78, 5) is 2.46. The molecule has 0 spiro atoms. The summed E-state index contributed by atoms with van der Waals surface area (Å²) in [5, 5.41) is 6.96. The first-order chi connectivity index (χ1) is 5.97. The molecule has 1 saturated heterocycles. The first-order valence-corrected chi connectivity index (χ1v) is 5.34. The second-order valence-corrected chi connectivity index (χ2v) is 3.97. The maximum absolute atomic E-state index is 3.40. The Labute approximate surface area is 77.2 Å². The molecule has 12 heavy (non-hydrogen) atoms. The molecular formula is C9H14N2S. The quantitative estimate of drug-likeness (QED) is 0.709. The third-order valence-electron chi connectivity index (χ3n) is 2.16. The number of anilines is 1. The van der Waals surface area contributed by atoms with Crippen molar-refractivity contribution in [3.63, 3.8) is 0 Å². The fourth-order valence-corrected chi connectivity index (χ4v) is 2.30. The first-order valence-electron chi connectivity index (χ1n) is 4.46. The van der Waals surface area contributed by atoms with E-state index in [1.807, 2.05) is 11.3 Å². The van der Waals surface area contributed by atoms with E-state index in [0.717, 1.165) is 13.1 Å². The minimum absolute atomic E-state index is 1.12. The van der Waals surface area contributed by atoms with E-state index in [-0.39, 0.29) is 0 Å². The molecule has 2 rings (SSSR count). The maximum Gasteiger partial charge on any atom is 0.0908 e. The molecule has 0 aliphatic carbocycles. The predicted molar refractivity (Wildman–Crippen MR) is 54.0 cm³/mol. The van der Waals surface area contributed by atoms with Crippen LogP contribution in [-0.4, -0.2) is 26.2 Å². The van der Waals surface area contributed by atoms with Crippen molar-refractivity contribution in [2.24, 2.45) is 0 Å². The largest absolute Gasteiger partial charge is 0.362 e. The highest BCUT2D eigenvalue weighted by Gasteiger charge is 2.08. The average Bonchev–Trinajstić information content (AvgIpc) is 2.48. The van der Waals surface area contributed by atoms with Crippen LogP contribution in [0.3, 0.4) is 0 Å². The predicted octanol–water partition coefficient (Wildman–Crippen LogP) is 1.55. The molecule has 2 heterocycles. The lowest BCUT2D eigenvalue weighted by Gasteiger charge is -2.19. The number of hydrogen-bond donors (Lipinski definition) is 1. The third-order valence-corrected chi connectivity index (χ3v) is 3.09. The fraction of sp³-hybridized carbons (Fsp3) is 0.556. The van der Waals surface area contributed by atoms with Crippen LogP contribution >= 0.6 is 11.3 Å². The summed E-state index contributed by atoms with van der Waals surface area (Å²) < 4.78 is 0. The van der Waals surface area contributed by atoms with Crippen LogP contribution in [0.1, 0.15) is 6.42 Å². The molecule has 1 N–H and O–H groups in total. The van der Waals surface area contributed by atoms with Crippen LogP contribution in [0.4, 0.5) is 5.00 Å². The minimum Gasteiger partial charge on any atom is -0.362 e. The van der Waals surface area contributed by atoms with E-state index in [9.17, 15) is 0 Å². The Kier molecular flexibility index (Phi) is 2.64. The normalized spacial score (nSPS) is 19.2. The molecular weight excluding hydrogens is 168 g/mol. The third kappa shape index (κ3) is 1.79. The summed E-state index contributed by atoms with van der Waals surface area (Å²) in [5.74, 6) is 0. The van der Waals surface area contributed by atoms with Crippen molar-refractivity contribution in [3.05, 3.63) is 17.5 Å². The minimum atomic E-state index is 1.12. The van der Waals surface area contributed by atoms with Crippen molar-refractivity contribution in [2.75, 3.05) is 31.1 Å². The van der Waals surface area contributed by atoms with Gasteiger partial charge in [-0.1, -0.05) is 0 Å². The van der Waals surface area contributed by atoms with Gasteiger partial charge in [-0.25, -0.2) is 0 Å². The van der Waals surface area contributed by atoms with Gasteiger partial charge in [0.15, 0.2) is 0 Å². The van der Waals surface area contributed by atoms with Gasteiger partial charge in [0.05, 0.1) is 5.00 Å². The van der Waals surface area contributed by atoms with Crippen molar-refractivity contribution < 1.29 is 0 Å². The highest BCUT2D eigenvalue weighted by molar-refractivity contribution is 7.14. The monoisotopic (exact) mass is 182 g/mol. The molecule has 0 saturated carbocycles. The van der Waals surface area contributed by atoms with E-state index in [0.29, 0.717) is 0 Å². The summed E-state index contributed by atoms with van der Waals surface area (Å²) in [6.07, 6.45) is 1.26. The van der Waals surface area contributed by atoms with Crippen molar-refractivity contribution in [3.8, 4) is 0 Å². The van der Waals surface area contributed by atoms with Crippen molar-refractivity contribution in [1.82, 2.24) is 5.32 Å². The zero-order chi connectivity index (χ0) is 8.23. The topological polar surface area (TPSA) is 15.3 Å². The lowest BCUT2D eigenvalue weighted by atomic mass is 10.4. The van der Waals surface area contributed by atoms with Gasteiger partial charge in [-0.05, 0) is 30.5 Å². The van der Waals surface area contributed by atoms with E-state index < -0.39 is 0 Å². The summed E-state index contributed by atoms with van der Waals surface area (Å²) in [7, 11) is 0. The molecule has 1 aliphatic rings. The van der Waals surface area contributed by atoms with Gasteiger partial charge < -0.3 is 10.2 Å². The van der Waals surface area contributed by atoms with Crippen LogP contribution in [0.5, 0.6) is 0 Å². The van der Waals surface area contributed by atoms with Crippen molar-refractivity contribution in [1.29, 1.82) is 0 Å². The van der Waals surface area contributed by atoms with Gasteiger partial charge in [-0.3, -0.25) is 0 Å². The second kappa shape index (κ2) is 3.92. The summed E-state index contributed by atoms with van der Waals surface area (Å²) >= 11 is 1.84. The average molecular weight is 182 g/mol. The summed E-state index contributed by atoms with van der Waals surface area (Å²) in [6.45, 7) is 4.65. The van der Waals surface area contributed by atoms with Crippen molar-refractivity contribution in [2.45, 2.75) is 6.42 Å². The molecule has 1 aliphatic heterocycles. The Morgan fingerprint density at radius 1 is 1.33 bits per heavy atom. The molecule has 1 aromatic rings. The molecule has 1 fully saturated rings. The molecule has 0 amide bonds. The Hall–Kier alpha value is -0.540. The zero-order valence-electron chi connectivity index (χ0n) is 7.12. The van der Waals surface area contributed by atoms with Crippen LogP contribution in [0.2, 0.25) is 0 Å². The van der Waals surface area contributed by atoms with Gasteiger partial charge >= 0.3 is 0 Å². The van der Waals surface area contributed by atoms with Crippen LogP contribution < -0.4 is 10.2 Å². The molecule has 0 atom stereocenters. The van der Waals surface area contributed by atoms with Gasteiger partial charge in [0, 0.05) is 19.6 Å². The molecule has 0 bridgehead atoms. The first kappa shape index (κ1) is 8.08. The van der Waals surface area contributed by atoms with Crippen LogP contribution in [-0.2, 0) is 0 Å². The smallest absolute Gasteiger partial charge is 0.0908 e. The van der Waals surface area contributed by atoms with Crippen LogP contribution in [0.15, 0.2) is 17.5 Å². The van der Waals surface area contributed by atoms with Crippen LogP contribution in [0.25, 0.3) is 0 Å². The van der Waals surface area contributed by atoms with Gasteiger partial charge in [0.25, 0.3) is 0 Å². The molecule has 1 aromatic heterocycles. The van der Waals surface area contributed by atoms with E-state index in [1.165, 1.54) is 24.5 Å². The lowest BCUT2D eigenvalue weighted by molar-refractivity contribution is 0.724. The van der Waals surface area contributed by atoms with E-state index in [1.54, 1.807) is 0 Å². The van der Waals surface area contributed by atoms with Gasteiger partial charge in [0.2, 0.25) is 0 Å². The Morgan fingerprint density at radius 3 is 3.17 bits per heavy atom. The van der Waals surface area contributed by atoms with E-state index in [4.69, 9.17) is 0 Å². The highest BCUT2D eigenvalue weighted by atomic mass is 32.1. The highest BCUT2D eigenvalue weighted by Crippen LogP contribution is 2.21. The molecule has 0 radical (unpaired) electrons. The molecule has 3 heteroatoms. The molecule has 0 aromatic carbocycles. The zero-order valence-corrected chi connectivity index (χ0v) is 7.94. The lowest BCUT2D eigenvalue weighted by Crippen LogP contribution is -2.26.